The molecular formula is C18H20N6O2S. The number of rotatable bonds is 6. The second-order valence-electron chi connectivity index (χ2n) is 5.90. The summed E-state index contributed by atoms with van der Waals surface area (Å²) in [5.41, 5.74) is 2.65. The molecule has 8 nitrogen and oxygen atoms in total. The molecule has 27 heavy (non-hydrogen) atoms. The first-order chi connectivity index (χ1) is 13.0. The molecule has 0 radical (unpaired) electrons. The van der Waals surface area contributed by atoms with Gasteiger partial charge in [-0.05, 0) is 39.0 Å². The van der Waals surface area contributed by atoms with Gasteiger partial charge in [-0.15, -0.1) is 10.2 Å². The van der Waals surface area contributed by atoms with Gasteiger partial charge >= 0.3 is 0 Å². The maximum absolute atomic E-state index is 12.3. The molecule has 0 saturated carbocycles. The zero-order chi connectivity index (χ0) is 19.4. The molecule has 3 rings (SSSR count). The lowest BCUT2D eigenvalue weighted by Crippen LogP contribution is -2.23. The molecule has 0 aliphatic heterocycles. The van der Waals surface area contributed by atoms with E-state index in [9.17, 15) is 9.59 Å². The van der Waals surface area contributed by atoms with Gasteiger partial charge in [-0.25, -0.2) is 4.98 Å². The Kier molecular flexibility index (Phi) is 5.70. The highest BCUT2D eigenvalue weighted by molar-refractivity contribution is 7.99. The highest BCUT2D eigenvalue weighted by Gasteiger charge is 2.13. The number of hydrogen-bond donors (Lipinski definition) is 2. The molecule has 0 spiro atoms. The number of anilines is 1. The lowest BCUT2D eigenvalue weighted by atomic mass is 10.2. The average molecular weight is 384 g/mol. The molecule has 0 aliphatic rings. The first kappa shape index (κ1) is 18.8. The fourth-order valence-corrected chi connectivity index (χ4v) is 3.41. The zero-order valence-electron chi connectivity index (χ0n) is 15.3. The molecule has 0 fully saturated rings. The molecule has 2 N–H and O–H groups in total. The summed E-state index contributed by atoms with van der Waals surface area (Å²) < 4.78 is 1.82. The SMILES string of the molecule is CCNC(=O)c1cccc(NC(=O)CSc2nnc3cc(C)nc(C)n23)c1. The minimum atomic E-state index is -0.192. The van der Waals surface area contributed by atoms with E-state index >= 15 is 0 Å². The van der Waals surface area contributed by atoms with Gasteiger partial charge in [0.25, 0.3) is 5.91 Å². The largest absolute Gasteiger partial charge is 0.352 e. The molecule has 0 bridgehead atoms. The van der Waals surface area contributed by atoms with Gasteiger partial charge in [0.1, 0.15) is 5.82 Å². The molecular weight excluding hydrogens is 364 g/mol. The van der Waals surface area contributed by atoms with Crippen LogP contribution in [0.25, 0.3) is 5.65 Å². The summed E-state index contributed by atoms with van der Waals surface area (Å²) in [6, 6.07) is 8.68. The van der Waals surface area contributed by atoms with E-state index in [2.05, 4.69) is 25.8 Å². The summed E-state index contributed by atoms with van der Waals surface area (Å²) in [7, 11) is 0. The fourth-order valence-electron chi connectivity index (χ4n) is 2.62. The lowest BCUT2D eigenvalue weighted by molar-refractivity contribution is -0.113. The second-order valence-corrected chi connectivity index (χ2v) is 6.84. The molecule has 0 unspecified atom stereocenters. The van der Waals surface area contributed by atoms with Crippen molar-refractivity contribution in [3.8, 4) is 0 Å². The van der Waals surface area contributed by atoms with E-state index in [-0.39, 0.29) is 17.6 Å². The molecule has 0 atom stereocenters. The Morgan fingerprint density at radius 2 is 2.00 bits per heavy atom. The van der Waals surface area contributed by atoms with Gasteiger partial charge in [-0.2, -0.15) is 0 Å². The van der Waals surface area contributed by atoms with E-state index in [0.29, 0.717) is 28.6 Å². The number of aryl methyl sites for hydroxylation is 2. The first-order valence-electron chi connectivity index (χ1n) is 8.48. The molecule has 9 heteroatoms. The van der Waals surface area contributed by atoms with Crippen LogP contribution in [0, 0.1) is 13.8 Å². The van der Waals surface area contributed by atoms with E-state index in [1.165, 1.54) is 11.8 Å². The van der Waals surface area contributed by atoms with Crippen LogP contribution >= 0.6 is 11.8 Å². The normalized spacial score (nSPS) is 10.8. The average Bonchev–Trinajstić information content (AvgIpc) is 3.03. The zero-order valence-corrected chi connectivity index (χ0v) is 16.1. The molecule has 2 aromatic heterocycles. The summed E-state index contributed by atoms with van der Waals surface area (Å²) in [4.78, 5) is 28.6. The number of hydrogen-bond acceptors (Lipinski definition) is 6. The van der Waals surface area contributed by atoms with Crippen LogP contribution in [0.5, 0.6) is 0 Å². The van der Waals surface area contributed by atoms with Gasteiger partial charge in [0.2, 0.25) is 5.91 Å². The van der Waals surface area contributed by atoms with E-state index < -0.39 is 0 Å². The number of nitrogens with zero attached hydrogens (tertiary/aromatic N) is 4. The van der Waals surface area contributed by atoms with Crippen molar-refractivity contribution in [3.63, 3.8) is 0 Å². The number of nitrogens with one attached hydrogen (secondary N) is 2. The number of benzene rings is 1. The van der Waals surface area contributed by atoms with E-state index in [1.54, 1.807) is 24.3 Å². The van der Waals surface area contributed by atoms with Gasteiger partial charge in [0, 0.05) is 29.6 Å². The Hall–Kier alpha value is -2.94. The minimum Gasteiger partial charge on any atom is -0.352 e. The number of carbonyl (C=O) groups is 2. The first-order valence-corrected chi connectivity index (χ1v) is 9.46. The van der Waals surface area contributed by atoms with Gasteiger partial charge < -0.3 is 10.6 Å². The molecule has 2 amide bonds. The van der Waals surface area contributed by atoms with Crippen molar-refractivity contribution in [3.05, 3.63) is 47.4 Å². The van der Waals surface area contributed by atoms with Crippen molar-refractivity contribution in [1.82, 2.24) is 24.9 Å². The Bertz CT molecular complexity index is 1000. The van der Waals surface area contributed by atoms with Gasteiger partial charge in [0.15, 0.2) is 10.8 Å². The molecule has 0 aliphatic carbocycles. The van der Waals surface area contributed by atoms with Gasteiger partial charge in [-0.3, -0.25) is 14.0 Å². The molecule has 140 valence electrons. The van der Waals surface area contributed by atoms with E-state index in [1.807, 2.05) is 31.2 Å². The summed E-state index contributed by atoms with van der Waals surface area (Å²) in [5.74, 6) is 0.575. The van der Waals surface area contributed by atoms with Crippen molar-refractivity contribution in [2.75, 3.05) is 17.6 Å². The summed E-state index contributed by atoms with van der Waals surface area (Å²) in [6.45, 7) is 6.18. The number of aromatic nitrogens is 4. The van der Waals surface area contributed by atoms with Crippen molar-refractivity contribution >= 4 is 34.9 Å². The highest BCUT2D eigenvalue weighted by atomic mass is 32.2. The van der Waals surface area contributed by atoms with Gasteiger partial charge in [-0.1, -0.05) is 17.8 Å². The quantitative estimate of drug-likeness (QED) is 0.632. The third-order valence-corrected chi connectivity index (χ3v) is 4.67. The maximum atomic E-state index is 12.3. The Balaban J connectivity index is 1.65. The van der Waals surface area contributed by atoms with E-state index in [0.717, 1.165) is 11.5 Å². The van der Waals surface area contributed by atoms with Crippen LogP contribution in [0.2, 0.25) is 0 Å². The maximum Gasteiger partial charge on any atom is 0.251 e. The minimum absolute atomic E-state index is 0.166. The molecule has 0 saturated heterocycles. The third kappa shape index (κ3) is 4.43. The van der Waals surface area contributed by atoms with Crippen molar-refractivity contribution < 1.29 is 9.59 Å². The Morgan fingerprint density at radius 3 is 2.78 bits per heavy atom. The van der Waals surface area contributed by atoms with Gasteiger partial charge in [0.05, 0.1) is 5.75 Å². The molecule has 3 aromatic rings. The monoisotopic (exact) mass is 384 g/mol. The number of fused-ring (bicyclic) bond motifs is 1. The fraction of sp³-hybridized carbons (Fsp3) is 0.278. The summed E-state index contributed by atoms with van der Waals surface area (Å²) in [5, 5.41) is 14.4. The van der Waals surface area contributed by atoms with Crippen molar-refractivity contribution in [2.45, 2.75) is 25.9 Å². The molecule has 1 aromatic carbocycles. The number of carbonyl (C=O) groups excluding carboxylic acids is 2. The standard InChI is InChI=1S/C18H20N6O2S/c1-4-19-17(26)13-6-5-7-14(9-13)21-16(25)10-27-18-23-22-15-8-11(2)20-12(3)24(15)18/h5-9H,4,10H2,1-3H3,(H,19,26)(H,21,25). The van der Waals surface area contributed by atoms with Crippen LogP contribution in [0.4, 0.5) is 5.69 Å². The molecule has 2 heterocycles. The number of amides is 2. The van der Waals surface area contributed by atoms with Crippen LogP contribution in [0.3, 0.4) is 0 Å². The lowest BCUT2D eigenvalue weighted by Gasteiger charge is -2.08. The highest BCUT2D eigenvalue weighted by Crippen LogP contribution is 2.19. The number of thioether (sulfide) groups is 1. The van der Waals surface area contributed by atoms with Crippen molar-refractivity contribution in [1.29, 1.82) is 0 Å². The Labute approximate surface area is 160 Å². The summed E-state index contributed by atoms with van der Waals surface area (Å²) in [6.07, 6.45) is 0. The predicted octanol–water partition coefficient (Wildman–Crippen LogP) is 2.22. The predicted molar refractivity (Wildman–Crippen MR) is 104 cm³/mol. The second kappa shape index (κ2) is 8.17. The van der Waals surface area contributed by atoms with E-state index in [4.69, 9.17) is 0 Å². The topological polar surface area (TPSA) is 101 Å². The van der Waals surface area contributed by atoms with Crippen LogP contribution in [-0.2, 0) is 4.79 Å². The van der Waals surface area contributed by atoms with Crippen molar-refractivity contribution in [2.24, 2.45) is 0 Å². The van der Waals surface area contributed by atoms with Crippen LogP contribution in [0.15, 0.2) is 35.5 Å². The van der Waals surface area contributed by atoms with Crippen LogP contribution in [0.1, 0.15) is 28.8 Å². The van der Waals surface area contributed by atoms with Crippen LogP contribution in [-0.4, -0.2) is 43.7 Å². The Morgan fingerprint density at radius 1 is 1.19 bits per heavy atom. The van der Waals surface area contributed by atoms with Crippen LogP contribution < -0.4 is 10.6 Å². The summed E-state index contributed by atoms with van der Waals surface area (Å²) >= 11 is 1.28. The third-order valence-electron chi connectivity index (χ3n) is 3.74. The smallest absolute Gasteiger partial charge is 0.251 e.